The summed E-state index contributed by atoms with van der Waals surface area (Å²) >= 11 is 5.98. The second-order valence-corrected chi connectivity index (χ2v) is 5.75. The van der Waals surface area contributed by atoms with Gasteiger partial charge in [-0.15, -0.1) is 0 Å². The van der Waals surface area contributed by atoms with Crippen molar-refractivity contribution in [1.82, 2.24) is 10.6 Å². The minimum absolute atomic E-state index is 0.0132. The van der Waals surface area contributed by atoms with E-state index in [4.69, 9.17) is 16.3 Å². The Bertz CT molecular complexity index is 471. The number of hydrogen-bond acceptors (Lipinski definition) is 3. The topological polar surface area (TPSA) is 50.4 Å². The van der Waals surface area contributed by atoms with E-state index < -0.39 is 0 Å². The van der Waals surface area contributed by atoms with Crippen molar-refractivity contribution < 1.29 is 9.53 Å². The van der Waals surface area contributed by atoms with Crippen molar-refractivity contribution in [3.63, 3.8) is 0 Å². The molecule has 1 saturated heterocycles. The molecule has 0 aliphatic carbocycles. The van der Waals surface area contributed by atoms with Crippen molar-refractivity contribution in [2.75, 3.05) is 13.1 Å². The van der Waals surface area contributed by atoms with Gasteiger partial charge in [-0.25, -0.2) is 0 Å². The Morgan fingerprint density at radius 2 is 2.35 bits per heavy atom. The van der Waals surface area contributed by atoms with Crippen molar-refractivity contribution in [3.05, 3.63) is 28.8 Å². The molecule has 2 rings (SSSR count). The fourth-order valence-corrected chi connectivity index (χ4v) is 2.45. The number of ether oxygens (including phenoxy) is 1. The summed E-state index contributed by atoms with van der Waals surface area (Å²) in [6, 6.07) is 5.49. The molecule has 1 heterocycles. The van der Waals surface area contributed by atoms with Crippen LogP contribution in [-0.4, -0.2) is 31.1 Å². The van der Waals surface area contributed by atoms with Gasteiger partial charge in [0.25, 0.3) is 5.91 Å². The summed E-state index contributed by atoms with van der Waals surface area (Å²) in [5, 5.41) is 6.82. The van der Waals surface area contributed by atoms with E-state index in [0.717, 1.165) is 13.0 Å². The van der Waals surface area contributed by atoms with Crippen molar-refractivity contribution in [2.45, 2.75) is 38.8 Å². The molecule has 2 N–H and O–H groups in total. The average Bonchev–Trinajstić information content (AvgIpc) is 2.90. The Morgan fingerprint density at radius 1 is 1.55 bits per heavy atom. The van der Waals surface area contributed by atoms with Gasteiger partial charge < -0.3 is 15.4 Å². The summed E-state index contributed by atoms with van der Waals surface area (Å²) in [6.45, 7) is 5.52. The maximum Gasteiger partial charge on any atom is 0.255 e. The van der Waals surface area contributed by atoms with Gasteiger partial charge in [-0.2, -0.15) is 0 Å². The molecule has 1 atom stereocenters. The number of rotatable bonds is 5. The van der Waals surface area contributed by atoms with Gasteiger partial charge in [-0.3, -0.25) is 4.79 Å². The Morgan fingerprint density at radius 3 is 3.00 bits per heavy atom. The van der Waals surface area contributed by atoms with Crippen LogP contribution in [0.5, 0.6) is 5.75 Å². The molecule has 20 heavy (non-hydrogen) atoms. The van der Waals surface area contributed by atoms with Crippen LogP contribution in [0.2, 0.25) is 5.02 Å². The zero-order valence-electron chi connectivity index (χ0n) is 11.9. The molecule has 1 aliphatic rings. The summed E-state index contributed by atoms with van der Waals surface area (Å²) in [6.07, 6.45) is 2.28. The minimum atomic E-state index is -0.142. The zero-order chi connectivity index (χ0) is 14.5. The van der Waals surface area contributed by atoms with Gasteiger partial charge in [0.05, 0.1) is 11.7 Å². The molecule has 1 unspecified atom stereocenters. The molecule has 1 aliphatic heterocycles. The van der Waals surface area contributed by atoms with Gasteiger partial charge in [0.2, 0.25) is 0 Å². The molecule has 1 amide bonds. The molecule has 5 heteroatoms. The van der Waals surface area contributed by atoms with E-state index in [1.807, 2.05) is 13.8 Å². The van der Waals surface area contributed by atoms with Crippen LogP contribution in [-0.2, 0) is 0 Å². The summed E-state index contributed by atoms with van der Waals surface area (Å²) < 4.78 is 5.66. The van der Waals surface area contributed by atoms with E-state index in [0.29, 0.717) is 28.9 Å². The Hall–Kier alpha value is -1.26. The molecule has 0 bridgehead atoms. The highest BCUT2D eigenvalue weighted by Gasteiger charge is 2.18. The van der Waals surface area contributed by atoms with Crippen LogP contribution >= 0.6 is 11.6 Å². The lowest BCUT2D eigenvalue weighted by Crippen LogP contribution is -2.37. The van der Waals surface area contributed by atoms with Gasteiger partial charge in [-0.1, -0.05) is 11.6 Å². The molecular weight excluding hydrogens is 276 g/mol. The molecule has 0 saturated carbocycles. The molecule has 0 spiro atoms. The predicted octanol–water partition coefficient (Wildman–Crippen LogP) is 2.61. The van der Waals surface area contributed by atoms with Gasteiger partial charge in [-0.05, 0) is 51.4 Å². The van der Waals surface area contributed by atoms with Gasteiger partial charge in [0.1, 0.15) is 5.75 Å². The average molecular weight is 297 g/mol. The van der Waals surface area contributed by atoms with E-state index in [1.165, 1.54) is 6.42 Å². The normalized spacial score (nSPS) is 18.3. The number of hydrogen-bond donors (Lipinski definition) is 2. The number of amides is 1. The van der Waals surface area contributed by atoms with Crippen LogP contribution in [0.1, 0.15) is 37.0 Å². The maximum atomic E-state index is 12.3. The third-order valence-electron chi connectivity index (χ3n) is 3.22. The first kappa shape index (κ1) is 15.1. The van der Waals surface area contributed by atoms with E-state index in [1.54, 1.807) is 18.2 Å². The predicted molar refractivity (Wildman–Crippen MR) is 80.6 cm³/mol. The molecule has 1 aromatic rings. The SMILES string of the molecule is CC(C)Oc1ccc(Cl)cc1C(=O)NCC1CCCN1. The van der Waals surface area contributed by atoms with Crippen molar-refractivity contribution in [2.24, 2.45) is 0 Å². The number of carbonyl (C=O) groups excluding carboxylic acids is 1. The summed E-state index contributed by atoms with van der Waals surface area (Å²) in [5.41, 5.74) is 0.490. The quantitative estimate of drug-likeness (QED) is 0.878. The smallest absolute Gasteiger partial charge is 0.255 e. The highest BCUT2D eigenvalue weighted by molar-refractivity contribution is 6.31. The van der Waals surface area contributed by atoms with Crippen LogP contribution in [0, 0.1) is 0 Å². The Kier molecular flexibility index (Phi) is 5.26. The largest absolute Gasteiger partial charge is 0.490 e. The molecule has 1 aromatic carbocycles. The van der Waals surface area contributed by atoms with Gasteiger partial charge >= 0.3 is 0 Å². The second kappa shape index (κ2) is 6.95. The fraction of sp³-hybridized carbons (Fsp3) is 0.533. The maximum absolute atomic E-state index is 12.3. The number of carbonyl (C=O) groups is 1. The number of nitrogens with one attached hydrogen (secondary N) is 2. The standard InChI is InChI=1S/C15H21ClN2O2/c1-10(2)20-14-6-5-11(16)8-13(14)15(19)18-9-12-4-3-7-17-12/h5-6,8,10,12,17H,3-4,7,9H2,1-2H3,(H,18,19). The molecule has 1 fully saturated rings. The van der Waals surface area contributed by atoms with Crippen LogP contribution in [0.3, 0.4) is 0 Å². The molecule has 0 radical (unpaired) electrons. The number of benzene rings is 1. The lowest BCUT2D eigenvalue weighted by Gasteiger charge is -2.16. The minimum Gasteiger partial charge on any atom is -0.490 e. The summed E-state index contributed by atoms with van der Waals surface area (Å²) in [7, 11) is 0. The first-order valence-electron chi connectivity index (χ1n) is 7.04. The summed E-state index contributed by atoms with van der Waals surface area (Å²) in [4.78, 5) is 12.3. The first-order chi connectivity index (χ1) is 9.56. The van der Waals surface area contributed by atoms with Gasteiger partial charge in [0.15, 0.2) is 0 Å². The van der Waals surface area contributed by atoms with E-state index in [9.17, 15) is 4.79 Å². The molecular formula is C15H21ClN2O2. The van der Waals surface area contributed by atoms with Crippen LogP contribution in [0.15, 0.2) is 18.2 Å². The highest BCUT2D eigenvalue weighted by Crippen LogP contribution is 2.24. The lowest BCUT2D eigenvalue weighted by atomic mass is 10.1. The Balaban J connectivity index is 2.04. The molecule has 4 nitrogen and oxygen atoms in total. The van der Waals surface area contributed by atoms with Gasteiger partial charge in [0, 0.05) is 17.6 Å². The monoisotopic (exact) mass is 296 g/mol. The van der Waals surface area contributed by atoms with Crippen molar-refractivity contribution in [1.29, 1.82) is 0 Å². The van der Waals surface area contributed by atoms with E-state index in [2.05, 4.69) is 10.6 Å². The van der Waals surface area contributed by atoms with Crippen molar-refractivity contribution in [3.8, 4) is 5.75 Å². The first-order valence-corrected chi connectivity index (χ1v) is 7.42. The van der Waals surface area contributed by atoms with Crippen molar-refractivity contribution >= 4 is 17.5 Å². The highest BCUT2D eigenvalue weighted by atomic mass is 35.5. The van der Waals surface area contributed by atoms with E-state index in [-0.39, 0.29) is 12.0 Å². The van der Waals surface area contributed by atoms with Crippen LogP contribution in [0.25, 0.3) is 0 Å². The molecule has 0 aromatic heterocycles. The van der Waals surface area contributed by atoms with E-state index >= 15 is 0 Å². The summed E-state index contributed by atoms with van der Waals surface area (Å²) in [5.74, 6) is 0.429. The zero-order valence-corrected chi connectivity index (χ0v) is 12.7. The fourth-order valence-electron chi connectivity index (χ4n) is 2.28. The van der Waals surface area contributed by atoms with Crippen LogP contribution < -0.4 is 15.4 Å². The second-order valence-electron chi connectivity index (χ2n) is 5.31. The lowest BCUT2D eigenvalue weighted by molar-refractivity contribution is 0.0944. The molecule has 110 valence electrons. The number of halogens is 1. The third kappa shape index (κ3) is 4.12. The third-order valence-corrected chi connectivity index (χ3v) is 3.46. The Labute approximate surface area is 124 Å². The van der Waals surface area contributed by atoms with Crippen LogP contribution in [0.4, 0.5) is 0 Å².